The molecule has 0 rings (SSSR count). The van der Waals surface area contributed by atoms with Crippen molar-refractivity contribution in [3.05, 3.63) is 0 Å². The van der Waals surface area contributed by atoms with E-state index in [1.165, 1.54) is 6.92 Å². The fourth-order valence-electron chi connectivity index (χ4n) is 1.02. The van der Waals surface area contributed by atoms with E-state index in [0.717, 1.165) is 0 Å². The molecule has 1 amide bonds. The highest BCUT2D eigenvalue weighted by Crippen LogP contribution is 2.18. The van der Waals surface area contributed by atoms with E-state index in [2.05, 4.69) is 0 Å². The molecule has 1 N–H and O–H groups in total. The molecule has 0 aromatic heterocycles. The number of carbonyl (C=O) groups excluding carboxylic acids is 1. The smallest absolute Gasteiger partial charge is 0.335 e. The van der Waals surface area contributed by atoms with Crippen LogP contribution >= 0.6 is 0 Å². The van der Waals surface area contributed by atoms with Gasteiger partial charge in [0.25, 0.3) is 10.1 Å². The number of alkyl halides is 3. The summed E-state index contributed by atoms with van der Waals surface area (Å²) in [5.74, 6) is -2.68. The van der Waals surface area contributed by atoms with Crippen molar-refractivity contribution in [3.63, 3.8) is 0 Å². The molecule has 16 heavy (non-hydrogen) atoms. The summed E-state index contributed by atoms with van der Waals surface area (Å²) >= 11 is 0. The Bertz CT molecular complexity index is 338. The van der Waals surface area contributed by atoms with Gasteiger partial charge in [-0.15, -0.1) is 0 Å². The van der Waals surface area contributed by atoms with Crippen molar-refractivity contribution in [2.24, 2.45) is 0 Å². The van der Waals surface area contributed by atoms with Crippen LogP contribution < -0.4 is 0 Å². The van der Waals surface area contributed by atoms with Crippen LogP contribution in [0.15, 0.2) is 0 Å². The molecule has 9 heteroatoms. The molecule has 5 nitrogen and oxygen atoms in total. The van der Waals surface area contributed by atoms with Crippen LogP contribution in [0.25, 0.3) is 0 Å². The maximum atomic E-state index is 12.0. The second-order valence-electron chi connectivity index (χ2n) is 3.02. The lowest BCUT2D eigenvalue weighted by Gasteiger charge is -2.21. The summed E-state index contributed by atoms with van der Waals surface area (Å²) in [5.41, 5.74) is 0. The molecule has 0 saturated carbocycles. The van der Waals surface area contributed by atoms with Crippen molar-refractivity contribution in [2.75, 3.05) is 18.8 Å². The van der Waals surface area contributed by atoms with Gasteiger partial charge in [-0.2, -0.15) is 21.6 Å². The van der Waals surface area contributed by atoms with Crippen molar-refractivity contribution in [1.82, 2.24) is 4.90 Å². The number of carbonyl (C=O) groups is 1. The molecule has 0 radical (unpaired) electrons. The first-order valence-electron chi connectivity index (χ1n) is 4.39. The third kappa shape index (κ3) is 5.91. The molecule has 0 saturated heterocycles. The maximum Gasteiger partial charge on any atom is 0.471 e. The Morgan fingerprint density at radius 1 is 1.38 bits per heavy atom. The Hall–Kier alpha value is -0.830. The van der Waals surface area contributed by atoms with E-state index in [9.17, 15) is 26.4 Å². The van der Waals surface area contributed by atoms with Gasteiger partial charge in [-0.25, -0.2) is 0 Å². The second-order valence-corrected chi connectivity index (χ2v) is 4.59. The minimum absolute atomic E-state index is 0.177. The highest BCUT2D eigenvalue weighted by Gasteiger charge is 2.41. The second kappa shape index (κ2) is 5.48. The average molecular weight is 263 g/mol. The largest absolute Gasteiger partial charge is 0.471 e. The van der Waals surface area contributed by atoms with Crippen molar-refractivity contribution < 1.29 is 30.9 Å². The van der Waals surface area contributed by atoms with Gasteiger partial charge in [-0.1, -0.05) is 0 Å². The highest BCUT2D eigenvalue weighted by atomic mass is 32.2. The molecule has 0 aromatic rings. The predicted molar refractivity (Wildman–Crippen MR) is 49.3 cm³/mol. The van der Waals surface area contributed by atoms with Crippen LogP contribution in [0.5, 0.6) is 0 Å². The molecule has 0 aliphatic carbocycles. The van der Waals surface area contributed by atoms with Crippen LogP contribution in [0.2, 0.25) is 0 Å². The van der Waals surface area contributed by atoms with Crippen molar-refractivity contribution >= 4 is 16.0 Å². The van der Waals surface area contributed by atoms with Gasteiger partial charge in [-0.05, 0) is 13.3 Å². The molecule has 0 atom stereocenters. The molecule has 0 aliphatic heterocycles. The molecule has 0 aliphatic rings. The SMILES string of the molecule is CCN(CCCS(=O)(=O)O)C(=O)C(F)(F)F. The van der Waals surface area contributed by atoms with Gasteiger partial charge in [0.05, 0.1) is 5.75 Å². The summed E-state index contributed by atoms with van der Waals surface area (Å²) in [4.78, 5) is 11.2. The monoisotopic (exact) mass is 263 g/mol. The maximum absolute atomic E-state index is 12.0. The standard InChI is InChI=1S/C7H12F3NO4S/c1-2-11(6(12)7(8,9)10)4-3-5-16(13,14)15/h2-5H2,1H3,(H,13,14,15). The average Bonchev–Trinajstić information content (AvgIpc) is 2.08. The summed E-state index contributed by atoms with van der Waals surface area (Å²) in [5, 5.41) is 0. The first-order chi connectivity index (χ1) is 7.08. The molecule has 0 unspecified atom stereocenters. The van der Waals surface area contributed by atoms with E-state index in [1.54, 1.807) is 0 Å². The summed E-state index contributed by atoms with van der Waals surface area (Å²) in [6.45, 7) is 0.801. The van der Waals surface area contributed by atoms with Crippen LogP contribution in [-0.4, -0.2) is 48.8 Å². The van der Waals surface area contributed by atoms with E-state index >= 15 is 0 Å². The van der Waals surface area contributed by atoms with E-state index in [4.69, 9.17) is 4.55 Å². The molecular weight excluding hydrogens is 251 g/mol. The molecule has 0 aromatic carbocycles. The van der Waals surface area contributed by atoms with E-state index < -0.39 is 28.0 Å². The van der Waals surface area contributed by atoms with Crippen LogP contribution in [0.3, 0.4) is 0 Å². The molecule has 0 bridgehead atoms. The molecule has 0 fully saturated rings. The lowest BCUT2D eigenvalue weighted by Crippen LogP contribution is -2.41. The fraction of sp³-hybridized carbons (Fsp3) is 0.857. The number of hydrogen-bond donors (Lipinski definition) is 1. The molecular formula is C7H12F3NO4S. The van der Waals surface area contributed by atoms with E-state index in [0.29, 0.717) is 4.90 Å². The van der Waals surface area contributed by atoms with Gasteiger partial charge in [0.1, 0.15) is 0 Å². The third-order valence-electron chi connectivity index (χ3n) is 1.74. The summed E-state index contributed by atoms with van der Waals surface area (Å²) in [6.07, 6.45) is -5.21. The summed E-state index contributed by atoms with van der Waals surface area (Å²) in [7, 11) is -4.21. The van der Waals surface area contributed by atoms with Gasteiger partial charge >= 0.3 is 12.1 Å². The fourth-order valence-corrected chi connectivity index (χ4v) is 1.51. The number of halogens is 3. The quantitative estimate of drug-likeness (QED) is 0.740. The van der Waals surface area contributed by atoms with Gasteiger partial charge in [0, 0.05) is 13.1 Å². The minimum atomic E-state index is -4.96. The van der Waals surface area contributed by atoms with Crippen molar-refractivity contribution in [3.8, 4) is 0 Å². The number of hydrogen-bond acceptors (Lipinski definition) is 3. The van der Waals surface area contributed by atoms with Crippen molar-refractivity contribution in [1.29, 1.82) is 0 Å². The van der Waals surface area contributed by atoms with Crippen LogP contribution in [-0.2, 0) is 14.9 Å². The Balaban J connectivity index is 4.28. The van der Waals surface area contributed by atoms with Gasteiger partial charge in [0.2, 0.25) is 0 Å². The Morgan fingerprint density at radius 3 is 2.19 bits per heavy atom. The Kier molecular flexibility index (Phi) is 5.20. The zero-order chi connectivity index (χ0) is 13.0. The minimum Gasteiger partial charge on any atom is -0.335 e. The normalized spacial score (nSPS) is 12.6. The van der Waals surface area contributed by atoms with E-state index in [-0.39, 0.29) is 19.5 Å². The molecule has 0 spiro atoms. The van der Waals surface area contributed by atoms with Crippen molar-refractivity contribution in [2.45, 2.75) is 19.5 Å². The highest BCUT2D eigenvalue weighted by molar-refractivity contribution is 7.85. The summed E-state index contributed by atoms with van der Waals surface area (Å²) in [6, 6.07) is 0. The lowest BCUT2D eigenvalue weighted by atomic mass is 10.4. The number of nitrogens with zero attached hydrogens (tertiary/aromatic N) is 1. The zero-order valence-corrected chi connectivity index (χ0v) is 9.31. The first-order valence-corrected chi connectivity index (χ1v) is 6.00. The van der Waals surface area contributed by atoms with Crippen LogP contribution in [0.4, 0.5) is 13.2 Å². The van der Waals surface area contributed by atoms with Gasteiger partial charge < -0.3 is 4.90 Å². The topological polar surface area (TPSA) is 74.7 Å². The van der Waals surface area contributed by atoms with Crippen LogP contribution in [0, 0.1) is 0 Å². The number of rotatable bonds is 5. The van der Waals surface area contributed by atoms with Crippen LogP contribution in [0.1, 0.15) is 13.3 Å². The zero-order valence-electron chi connectivity index (χ0n) is 8.49. The predicted octanol–water partition coefficient (Wildman–Crippen LogP) is 0.675. The van der Waals surface area contributed by atoms with Gasteiger partial charge in [0.15, 0.2) is 0 Å². The molecule has 0 heterocycles. The van der Waals surface area contributed by atoms with E-state index in [1.807, 2.05) is 0 Å². The number of amides is 1. The Labute approximate surface area is 91.0 Å². The summed E-state index contributed by atoms with van der Waals surface area (Å²) < 4.78 is 64.9. The first kappa shape index (κ1) is 15.2. The lowest BCUT2D eigenvalue weighted by molar-refractivity contribution is -0.185. The van der Waals surface area contributed by atoms with Gasteiger partial charge in [-0.3, -0.25) is 9.35 Å². The molecule has 96 valence electrons. The third-order valence-corrected chi connectivity index (χ3v) is 2.55. The Morgan fingerprint density at radius 2 is 1.88 bits per heavy atom.